The van der Waals surface area contributed by atoms with Crippen LogP contribution in [0.15, 0.2) is 0 Å². The zero-order valence-corrected chi connectivity index (χ0v) is 13.3. The summed E-state index contributed by atoms with van der Waals surface area (Å²) in [6.45, 7) is 5.85. The van der Waals surface area contributed by atoms with Crippen molar-refractivity contribution in [2.75, 3.05) is 64.7 Å². The summed E-state index contributed by atoms with van der Waals surface area (Å²) in [6.07, 6.45) is 0.910. The van der Waals surface area contributed by atoms with E-state index in [1.165, 1.54) is 0 Å². The van der Waals surface area contributed by atoms with Crippen molar-refractivity contribution in [2.45, 2.75) is 13.3 Å². The monoisotopic (exact) mass is 298 g/mol. The van der Waals surface area contributed by atoms with E-state index in [9.17, 15) is 0 Å². The number of nitrogens with zero attached hydrogens (tertiary/aromatic N) is 4. The maximum Gasteiger partial charge on any atom is 0.323 e. The Morgan fingerprint density at radius 2 is 1.86 bits per heavy atom. The first kappa shape index (κ1) is 17.4. The van der Waals surface area contributed by atoms with Crippen LogP contribution in [0.3, 0.4) is 0 Å². The van der Waals surface area contributed by atoms with Gasteiger partial charge in [0.2, 0.25) is 11.9 Å². The standard InChI is InChI=1S/C13H26N6O2/c1-5-9-21-13-17-11(14-2)16-12(18-13)15-6-7-19(3)8-10-20-4/h5-10H2,1-4H3,(H2,14,15,16,17,18). The van der Waals surface area contributed by atoms with E-state index >= 15 is 0 Å². The molecule has 0 fully saturated rings. The Balaban J connectivity index is 2.49. The van der Waals surface area contributed by atoms with Gasteiger partial charge in [-0.1, -0.05) is 6.92 Å². The first-order chi connectivity index (χ1) is 10.2. The van der Waals surface area contributed by atoms with E-state index in [1.807, 2.05) is 14.0 Å². The number of rotatable bonds is 11. The van der Waals surface area contributed by atoms with Crippen LogP contribution in [-0.2, 0) is 4.74 Å². The first-order valence-corrected chi connectivity index (χ1v) is 7.17. The highest BCUT2D eigenvalue weighted by molar-refractivity contribution is 5.35. The second-order valence-corrected chi connectivity index (χ2v) is 4.59. The molecule has 0 spiro atoms. The summed E-state index contributed by atoms with van der Waals surface area (Å²) >= 11 is 0. The highest BCUT2D eigenvalue weighted by Gasteiger charge is 2.06. The normalized spacial score (nSPS) is 10.7. The van der Waals surface area contributed by atoms with E-state index in [4.69, 9.17) is 9.47 Å². The Morgan fingerprint density at radius 3 is 2.52 bits per heavy atom. The van der Waals surface area contributed by atoms with Gasteiger partial charge in [0, 0.05) is 33.8 Å². The van der Waals surface area contributed by atoms with E-state index < -0.39 is 0 Å². The van der Waals surface area contributed by atoms with Crippen LogP contribution in [0, 0.1) is 0 Å². The minimum absolute atomic E-state index is 0.339. The molecule has 0 aromatic carbocycles. The van der Waals surface area contributed by atoms with Gasteiger partial charge in [-0.05, 0) is 13.5 Å². The molecule has 0 saturated carbocycles. The van der Waals surface area contributed by atoms with Gasteiger partial charge in [0.25, 0.3) is 0 Å². The third kappa shape index (κ3) is 7.05. The second kappa shape index (κ2) is 10.1. The van der Waals surface area contributed by atoms with Gasteiger partial charge in [0.15, 0.2) is 0 Å². The molecule has 0 unspecified atom stereocenters. The molecule has 1 heterocycles. The van der Waals surface area contributed by atoms with Crippen molar-refractivity contribution in [3.05, 3.63) is 0 Å². The Morgan fingerprint density at radius 1 is 1.10 bits per heavy atom. The van der Waals surface area contributed by atoms with Crippen molar-refractivity contribution >= 4 is 11.9 Å². The summed E-state index contributed by atoms with van der Waals surface area (Å²) in [4.78, 5) is 14.8. The van der Waals surface area contributed by atoms with Crippen molar-refractivity contribution in [1.29, 1.82) is 0 Å². The van der Waals surface area contributed by atoms with Crippen molar-refractivity contribution in [1.82, 2.24) is 19.9 Å². The van der Waals surface area contributed by atoms with Gasteiger partial charge >= 0.3 is 6.01 Å². The minimum atomic E-state index is 0.339. The summed E-state index contributed by atoms with van der Waals surface area (Å²) < 4.78 is 10.5. The van der Waals surface area contributed by atoms with Crippen LogP contribution in [0.5, 0.6) is 6.01 Å². The minimum Gasteiger partial charge on any atom is -0.463 e. The van der Waals surface area contributed by atoms with Gasteiger partial charge in [0.1, 0.15) is 0 Å². The molecule has 1 rings (SSSR count). The van der Waals surface area contributed by atoms with E-state index in [2.05, 4.69) is 30.5 Å². The number of aromatic nitrogens is 3. The lowest BCUT2D eigenvalue weighted by molar-refractivity contribution is 0.163. The maximum absolute atomic E-state index is 5.45. The summed E-state index contributed by atoms with van der Waals surface area (Å²) in [7, 11) is 5.51. The van der Waals surface area contributed by atoms with E-state index in [1.54, 1.807) is 14.2 Å². The molecule has 0 aliphatic carbocycles. The summed E-state index contributed by atoms with van der Waals surface area (Å²) in [5, 5.41) is 6.08. The molecule has 120 valence electrons. The summed E-state index contributed by atoms with van der Waals surface area (Å²) in [5.74, 6) is 1.01. The Labute approximate surface area is 126 Å². The van der Waals surface area contributed by atoms with Gasteiger partial charge < -0.3 is 25.0 Å². The summed E-state index contributed by atoms with van der Waals surface area (Å²) in [6, 6.07) is 0.339. The zero-order chi connectivity index (χ0) is 15.5. The topological polar surface area (TPSA) is 84.4 Å². The molecule has 1 aromatic rings. The SMILES string of the molecule is CCCOc1nc(NC)nc(NCCN(C)CCOC)n1. The third-order valence-electron chi connectivity index (χ3n) is 2.73. The molecule has 1 aromatic heterocycles. The van der Waals surface area contributed by atoms with Crippen LogP contribution >= 0.6 is 0 Å². The number of anilines is 2. The summed E-state index contributed by atoms with van der Waals surface area (Å²) in [5.41, 5.74) is 0. The molecular weight excluding hydrogens is 272 g/mol. The van der Waals surface area contributed by atoms with Crippen LogP contribution in [0.1, 0.15) is 13.3 Å². The van der Waals surface area contributed by atoms with Crippen molar-refractivity contribution in [3.63, 3.8) is 0 Å². The number of hydrogen-bond acceptors (Lipinski definition) is 8. The number of nitrogens with one attached hydrogen (secondary N) is 2. The fourth-order valence-electron chi connectivity index (χ4n) is 1.52. The lowest BCUT2D eigenvalue weighted by Crippen LogP contribution is -2.28. The van der Waals surface area contributed by atoms with Crippen LogP contribution < -0.4 is 15.4 Å². The lowest BCUT2D eigenvalue weighted by atomic mass is 10.5. The first-order valence-electron chi connectivity index (χ1n) is 7.17. The molecule has 0 saturated heterocycles. The highest BCUT2D eigenvalue weighted by Crippen LogP contribution is 2.10. The molecule has 0 radical (unpaired) electrons. The molecule has 0 aliphatic heterocycles. The van der Waals surface area contributed by atoms with Gasteiger partial charge in [-0.3, -0.25) is 0 Å². The van der Waals surface area contributed by atoms with Gasteiger partial charge in [-0.25, -0.2) is 0 Å². The fraction of sp³-hybridized carbons (Fsp3) is 0.769. The van der Waals surface area contributed by atoms with Crippen LogP contribution in [0.25, 0.3) is 0 Å². The maximum atomic E-state index is 5.45. The number of ether oxygens (including phenoxy) is 2. The molecule has 0 bridgehead atoms. The van der Waals surface area contributed by atoms with E-state index in [0.717, 1.165) is 32.7 Å². The Hall–Kier alpha value is -1.67. The average Bonchev–Trinajstić information content (AvgIpc) is 2.50. The predicted molar refractivity (Wildman–Crippen MR) is 83.0 cm³/mol. The Bertz CT molecular complexity index is 404. The molecule has 8 nitrogen and oxygen atoms in total. The van der Waals surface area contributed by atoms with Gasteiger partial charge in [-0.15, -0.1) is 0 Å². The van der Waals surface area contributed by atoms with Crippen LogP contribution in [-0.4, -0.2) is 73.9 Å². The highest BCUT2D eigenvalue weighted by atomic mass is 16.5. The van der Waals surface area contributed by atoms with Crippen molar-refractivity contribution in [3.8, 4) is 6.01 Å². The fourth-order valence-corrected chi connectivity index (χ4v) is 1.52. The zero-order valence-electron chi connectivity index (χ0n) is 13.3. The number of hydrogen-bond donors (Lipinski definition) is 2. The van der Waals surface area contributed by atoms with Gasteiger partial charge in [-0.2, -0.15) is 15.0 Å². The molecular formula is C13H26N6O2. The molecule has 0 atom stereocenters. The van der Waals surface area contributed by atoms with Crippen LogP contribution in [0.4, 0.5) is 11.9 Å². The average molecular weight is 298 g/mol. The van der Waals surface area contributed by atoms with Gasteiger partial charge in [0.05, 0.1) is 13.2 Å². The smallest absolute Gasteiger partial charge is 0.323 e. The van der Waals surface area contributed by atoms with E-state index in [0.29, 0.717) is 24.5 Å². The lowest BCUT2D eigenvalue weighted by Gasteiger charge is -2.16. The molecule has 21 heavy (non-hydrogen) atoms. The Kier molecular flexibility index (Phi) is 8.37. The molecule has 0 aliphatic rings. The van der Waals surface area contributed by atoms with Crippen molar-refractivity contribution in [2.24, 2.45) is 0 Å². The van der Waals surface area contributed by atoms with E-state index in [-0.39, 0.29) is 0 Å². The largest absolute Gasteiger partial charge is 0.463 e. The molecule has 0 amide bonds. The quantitative estimate of drug-likeness (QED) is 0.617. The van der Waals surface area contributed by atoms with Crippen LogP contribution in [0.2, 0.25) is 0 Å². The second-order valence-electron chi connectivity index (χ2n) is 4.59. The number of methoxy groups -OCH3 is 1. The third-order valence-corrected chi connectivity index (χ3v) is 2.73. The van der Waals surface area contributed by atoms with Crippen molar-refractivity contribution < 1.29 is 9.47 Å². The predicted octanol–water partition coefficient (Wildman–Crippen LogP) is 0.692. The number of likely N-dealkylation sites (N-methyl/N-ethyl adjacent to an activating group) is 1. The molecule has 2 N–H and O–H groups in total. The molecule has 8 heteroatoms.